The van der Waals surface area contributed by atoms with E-state index >= 15 is 0 Å². The van der Waals surface area contributed by atoms with Crippen LogP contribution in [0.4, 0.5) is 0 Å². The average Bonchev–Trinajstić information content (AvgIpc) is 2.98. The highest BCUT2D eigenvalue weighted by Gasteiger charge is 2.35. The molecule has 19 heteroatoms. The monoisotopic (exact) mass is 676 g/mol. The Labute approximate surface area is 271 Å². The fraction of sp³-hybridized carbons (Fsp3) is 0.714. The van der Waals surface area contributed by atoms with Crippen molar-refractivity contribution in [1.82, 2.24) is 26.6 Å². The van der Waals surface area contributed by atoms with Gasteiger partial charge in [-0.25, -0.2) is 4.79 Å². The molecule has 0 heterocycles. The zero-order valence-electron chi connectivity index (χ0n) is 27.0. The molecule has 0 rings (SSSR count). The van der Waals surface area contributed by atoms with Crippen LogP contribution in [0.3, 0.4) is 0 Å². The summed E-state index contributed by atoms with van der Waals surface area (Å²) in [5.74, 6) is -10.3. The van der Waals surface area contributed by atoms with E-state index < -0.39 is 134 Å². The first-order valence-corrected chi connectivity index (χ1v) is 15.0. The summed E-state index contributed by atoms with van der Waals surface area (Å²) >= 11 is 0. The van der Waals surface area contributed by atoms with Crippen LogP contribution in [-0.2, 0) is 38.4 Å². The van der Waals surface area contributed by atoms with Crippen molar-refractivity contribution < 1.29 is 63.9 Å². The summed E-state index contributed by atoms with van der Waals surface area (Å²) < 4.78 is 0. The van der Waals surface area contributed by atoms with Crippen molar-refractivity contribution in [2.75, 3.05) is 6.61 Å². The molecule has 47 heavy (non-hydrogen) atoms. The van der Waals surface area contributed by atoms with Crippen molar-refractivity contribution in [3.05, 3.63) is 0 Å². The van der Waals surface area contributed by atoms with E-state index in [1.807, 2.05) is 0 Å². The standard InChI is InChI=1S/C28H48N6O13/c1-6-13(4)21(28(46)47)33-25(43)17(8-10-19(39)40)30-24(42)16(7-9-18(37)38)31-27(45)22(14(5)36)34-26(44)20(12(2)3)32-23(41)15(29)11-35/h12-17,20-22,35-36H,6-11,29H2,1-5H3,(H,30,42)(H,31,45)(H,32,41)(H,33,43)(H,34,44)(H,37,38)(H,39,40)(H,46,47)/t13-,14+,15-,16-,17-,20-,21-,22-/m0/s1. The Morgan fingerprint density at radius 2 is 1.02 bits per heavy atom. The van der Waals surface area contributed by atoms with Gasteiger partial charge in [-0.1, -0.05) is 34.1 Å². The van der Waals surface area contributed by atoms with Crippen LogP contribution < -0.4 is 32.3 Å². The molecule has 0 saturated heterocycles. The smallest absolute Gasteiger partial charge is 0.326 e. The molecular weight excluding hydrogens is 628 g/mol. The van der Waals surface area contributed by atoms with Gasteiger partial charge in [-0.3, -0.25) is 33.6 Å². The number of aliphatic carboxylic acids is 3. The van der Waals surface area contributed by atoms with Crippen molar-refractivity contribution >= 4 is 47.4 Å². The molecule has 0 aliphatic heterocycles. The maximum absolute atomic E-state index is 13.3. The van der Waals surface area contributed by atoms with E-state index in [9.17, 15) is 53.7 Å². The number of amides is 5. The predicted molar refractivity (Wildman–Crippen MR) is 162 cm³/mol. The summed E-state index contributed by atoms with van der Waals surface area (Å²) in [5.41, 5.74) is 5.48. The lowest BCUT2D eigenvalue weighted by Gasteiger charge is -2.29. The van der Waals surface area contributed by atoms with Crippen molar-refractivity contribution in [2.45, 2.75) is 109 Å². The molecule has 0 aliphatic carbocycles. The second-order valence-electron chi connectivity index (χ2n) is 11.4. The van der Waals surface area contributed by atoms with Gasteiger partial charge in [0.2, 0.25) is 29.5 Å². The summed E-state index contributed by atoms with van der Waals surface area (Å²) in [7, 11) is 0. The molecule has 5 amide bonds. The molecular formula is C28H48N6O13. The van der Waals surface area contributed by atoms with Crippen molar-refractivity contribution in [1.29, 1.82) is 0 Å². The molecule has 0 unspecified atom stereocenters. The molecule has 0 fully saturated rings. The number of aliphatic hydroxyl groups excluding tert-OH is 2. The molecule has 268 valence electrons. The van der Waals surface area contributed by atoms with E-state index in [2.05, 4.69) is 26.6 Å². The highest BCUT2D eigenvalue weighted by Crippen LogP contribution is 2.11. The van der Waals surface area contributed by atoms with Crippen LogP contribution in [0.1, 0.15) is 66.7 Å². The SMILES string of the molecule is CC[C@H](C)[C@H](NC(=O)[C@H](CCC(=O)O)NC(=O)[C@H](CCC(=O)O)NC(=O)[C@@H](NC(=O)[C@@H](NC(=O)[C@@H](N)CO)C(C)C)[C@@H](C)O)C(=O)O. The fourth-order valence-electron chi connectivity index (χ4n) is 4.07. The van der Waals surface area contributed by atoms with E-state index in [1.165, 1.54) is 0 Å². The Bertz CT molecular complexity index is 1130. The number of carboxylic acid groups (broad SMARTS) is 3. The highest BCUT2D eigenvalue weighted by molar-refractivity contribution is 5.96. The van der Waals surface area contributed by atoms with Gasteiger partial charge in [0.15, 0.2) is 0 Å². The van der Waals surface area contributed by atoms with Crippen molar-refractivity contribution in [3.8, 4) is 0 Å². The minimum Gasteiger partial charge on any atom is -0.481 e. The van der Waals surface area contributed by atoms with Crippen LogP contribution in [0.5, 0.6) is 0 Å². The Morgan fingerprint density at radius 1 is 0.617 bits per heavy atom. The van der Waals surface area contributed by atoms with Gasteiger partial charge in [-0.15, -0.1) is 0 Å². The number of hydrogen-bond acceptors (Lipinski definition) is 11. The molecule has 0 spiro atoms. The molecule has 0 aromatic heterocycles. The van der Waals surface area contributed by atoms with Crippen LogP contribution in [0, 0.1) is 11.8 Å². The maximum Gasteiger partial charge on any atom is 0.326 e. The van der Waals surface area contributed by atoms with Gasteiger partial charge < -0.3 is 57.9 Å². The molecule has 8 atom stereocenters. The Morgan fingerprint density at radius 3 is 1.40 bits per heavy atom. The number of carbonyl (C=O) groups excluding carboxylic acids is 5. The van der Waals surface area contributed by atoms with Crippen LogP contribution in [-0.4, -0.2) is 122 Å². The summed E-state index contributed by atoms with van der Waals surface area (Å²) in [6, 6.07) is -9.05. The molecule has 19 nitrogen and oxygen atoms in total. The van der Waals surface area contributed by atoms with E-state index in [0.29, 0.717) is 6.42 Å². The molecule has 0 bridgehead atoms. The van der Waals surface area contributed by atoms with Crippen LogP contribution >= 0.6 is 0 Å². The number of nitrogens with two attached hydrogens (primary N) is 1. The van der Waals surface area contributed by atoms with Gasteiger partial charge in [0.05, 0.1) is 12.7 Å². The third-order valence-electron chi connectivity index (χ3n) is 7.18. The van der Waals surface area contributed by atoms with Gasteiger partial charge in [0.1, 0.15) is 36.3 Å². The van der Waals surface area contributed by atoms with E-state index in [1.54, 1.807) is 27.7 Å². The van der Waals surface area contributed by atoms with Gasteiger partial charge in [-0.05, 0) is 31.6 Å². The fourth-order valence-corrected chi connectivity index (χ4v) is 4.07. The number of carboxylic acids is 3. The van der Waals surface area contributed by atoms with Crippen LogP contribution in [0.2, 0.25) is 0 Å². The van der Waals surface area contributed by atoms with Gasteiger partial charge in [-0.2, -0.15) is 0 Å². The third kappa shape index (κ3) is 15.2. The van der Waals surface area contributed by atoms with Gasteiger partial charge in [0.25, 0.3) is 0 Å². The quantitative estimate of drug-likeness (QED) is 0.0533. The first-order chi connectivity index (χ1) is 21.8. The largest absolute Gasteiger partial charge is 0.481 e. The summed E-state index contributed by atoms with van der Waals surface area (Å²) in [6.45, 7) is 6.76. The number of aliphatic hydroxyl groups is 2. The van der Waals surface area contributed by atoms with Crippen LogP contribution in [0.25, 0.3) is 0 Å². The number of hydrogen-bond donors (Lipinski definition) is 11. The molecule has 0 aromatic rings. The third-order valence-corrected chi connectivity index (χ3v) is 7.18. The Hall–Kier alpha value is -4.36. The average molecular weight is 677 g/mol. The predicted octanol–water partition coefficient (Wildman–Crippen LogP) is -3.37. The lowest BCUT2D eigenvalue weighted by atomic mass is 9.98. The summed E-state index contributed by atoms with van der Waals surface area (Å²) in [4.78, 5) is 99.0. The van der Waals surface area contributed by atoms with E-state index in [0.717, 1.165) is 6.92 Å². The van der Waals surface area contributed by atoms with Crippen LogP contribution in [0.15, 0.2) is 0 Å². The topological polar surface area (TPSA) is 324 Å². The first-order valence-electron chi connectivity index (χ1n) is 15.0. The second kappa shape index (κ2) is 20.7. The van der Waals surface area contributed by atoms with Gasteiger partial charge >= 0.3 is 17.9 Å². The second-order valence-corrected chi connectivity index (χ2v) is 11.4. The highest BCUT2D eigenvalue weighted by atomic mass is 16.4. The lowest BCUT2D eigenvalue weighted by Crippen LogP contribution is -2.62. The Kier molecular flexibility index (Phi) is 18.8. The molecule has 12 N–H and O–H groups in total. The first kappa shape index (κ1) is 42.6. The minimum absolute atomic E-state index is 0.355. The van der Waals surface area contributed by atoms with E-state index in [-0.39, 0.29) is 0 Å². The normalized spacial score (nSPS) is 16.2. The lowest BCUT2D eigenvalue weighted by molar-refractivity contribution is -0.144. The Balaban J connectivity index is 6.16. The van der Waals surface area contributed by atoms with Crippen molar-refractivity contribution in [3.63, 3.8) is 0 Å². The molecule has 0 saturated carbocycles. The number of carbonyl (C=O) groups is 8. The number of rotatable bonds is 22. The summed E-state index contributed by atoms with van der Waals surface area (Å²) in [6.07, 6.45) is -3.57. The van der Waals surface area contributed by atoms with E-state index in [4.69, 9.17) is 15.9 Å². The maximum atomic E-state index is 13.3. The summed E-state index contributed by atoms with van der Waals surface area (Å²) in [5, 5.41) is 58.6. The molecule has 0 aliphatic rings. The number of nitrogens with one attached hydrogen (secondary N) is 5. The molecule has 0 radical (unpaired) electrons. The minimum atomic E-state index is -1.75. The zero-order valence-corrected chi connectivity index (χ0v) is 27.0. The zero-order chi connectivity index (χ0) is 36.6. The molecule has 0 aromatic carbocycles. The van der Waals surface area contributed by atoms with Gasteiger partial charge in [0, 0.05) is 12.8 Å². The van der Waals surface area contributed by atoms with Crippen molar-refractivity contribution in [2.24, 2.45) is 17.6 Å².